The topological polar surface area (TPSA) is 32.3 Å². The van der Waals surface area contributed by atoms with Crippen molar-refractivity contribution >= 4 is 0 Å². The summed E-state index contributed by atoms with van der Waals surface area (Å²) in [6.07, 6.45) is -12.1. The standard InChI is InChI=1S/C15H14F19NO/c1-3-5(2)35-4-6(36)7(16,17)8(18,19)9(20,21)10(22,23)11(24,25)12(26,27)13(28,29)14(30,31)15(32,33)34/h5-6,35-36H,3-4H2,1-2H3. The van der Waals surface area contributed by atoms with Gasteiger partial charge in [-0.2, -0.15) is 83.4 Å². The molecule has 0 aromatic heterocycles. The average molecular weight is 585 g/mol. The number of hydrogen-bond acceptors (Lipinski definition) is 2. The van der Waals surface area contributed by atoms with Crippen LogP contribution in [0.5, 0.6) is 0 Å². The Balaban J connectivity index is 6.74. The highest BCUT2D eigenvalue weighted by molar-refractivity contribution is 5.17. The molecular formula is C15H14F19NO. The summed E-state index contributed by atoms with van der Waals surface area (Å²) in [7, 11) is 0. The second kappa shape index (κ2) is 9.40. The van der Waals surface area contributed by atoms with Gasteiger partial charge in [0.25, 0.3) is 0 Å². The van der Waals surface area contributed by atoms with Gasteiger partial charge in [-0.25, -0.2) is 0 Å². The van der Waals surface area contributed by atoms with Crippen LogP contribution >= 0.6 is 0 Å². The number of alkyl halides is 19. The fourth-order valence-corrected chi connectivity index (χ4v) is 2.17. The van der Waals surface area contributed by atoms with Crippen LogP contribution in [0.1, 0.15) is 20.3 Å². The summed E-state index contributed by atoms with van der Waals surface area (Å²) in [6, 6.07) is -0.966. The van der Waals surface area contributed by atoms with E-state index in [1.165, 1.54) is 6.92 Å². The van der Waals surface area contributed by atoms with Gasteiger partial charge in [0.05, 0.1) is 0 Å². The molecule has 2 nitrogen and oxygen atoms in total. The van der Waals surface area contributed by atoms with Crippen LogP contribution in [0.4, 0.5) is 83.4 Å². The smallest absolute Gasteiger partial charge is 0.385 e. The molecule has 2 unspecified atom stereocenters. The van der Waals surface area contributed by atoms with Crippen molar-refractivity contribution < 1.29 is 88.5 Å². The zero-order valence-corrected chi connectivity index (χ0v) is 17.2. The third-order valence-electron chi connectivity index (χ3n) is 4.83. The highest BCUT2D eigenvalue weighted by atomic mass is 19.4. The lowest BCUT2D eigenvalue weighted by atomic mass is 9.86. The molecule has 0 aliphatic rings. The van der Waals surface area contributed by atoms with E-state index >= 15 is 0 Å². The van der Waals surface area contributed by atoms with Crippen molar-refractivity contribution in [3.63, 3.8) is 0 Å². The Hall–Kier alpha value is -1.41. The third-order valence-corrected chi connectivity index (χ3v) is 4.83. The molecule has 0 fully saturated rings. The lowest BCUT2D eigenvalue weighted by Gasteiger charge is -2.44. The summed E-state index contributed by atoms with van der Waals surface area (Å²) in [5, 5.41) is 10.8. The molecular weight excluding hydrogens is 571 g/mol. The molecule has 21 heteroatoms. The van der Waals surface area contributed by atoms with Crippen LogP contribution in [0.2, 0.25) is 0 Å². The molecule has 0 rings (SSSR count). The summed E-state index contributed by atoms with van der Waals surface area (Å²) in [5.41, 5.74) is 0. The minimum absolute atomic E-state index is 0.0268. The predicted molar refractivity (Wildman–Crippen MR) is 79.4 cm³/mol. The van der Waals surface area contributed by atoms with Crippen molar-refractivity contribution in [3.8, 4) is 0 Å². The van der Waals surface area contributed by atoms with Gasteiger partial charge in [0.1, 0.15) is 6.10 Å². The van der Waals surface area contributed by atoms with Gasteiger partial charge in [-0.15, -0.1) is 0 Å². The maximum absolute atomic E-state index is 13.7. The van der Waals surface area contributed by atoms with Gasteiger partial charge >= 0.3 is 53.6 Å². The summed E-state index contributed by atoms with van der Waals surface area (Å²) in [5.74, 6) is -67.4. The third kappa shape index (κ3) is 4.65. The molecule has 2 atom stereocenters. The molecule has 0 amide bonds. The summed E-state index contributed by atoms with van der Waals surface area (Å²) in [6.45, 7) is 0.540. The Kier molecular flexibility index (Phi) is 9.04. The first kappa shape index (κ1) is 34.6. The first-order valence-electron chi connectivity index (χ1n) is 8.88. The van der Waals surface area contributed by atoms with Crippen LogP contribution in [-0.4, -0.2) is 77.4 Å². The van der Waals surface area contributed by atoms with Gasteiger partial charge in [-0.05, 0) is 13.3 Å². The number of aliphatic hydroxyl groups is 1. The van der Waals surface area contributed by atoms with Crippen molar-refractivity contribution in [1.29, 1.82) is 0 Å². The van der Waals surface area contributed by atoms with Crippen LogP contribution in [0.25, 0.3) is 0 Å². The van der Waals surface area contributed by atoms with E-state index < -0.39 is 72.2 Å². The largest absolute Gasteiger partial charge is 0.460 e. The zero-order valence-electron chi connectivity index (χ0n) is 17.2. The fourth-order valence-electron chi connectivity index (χ4n) is 2.17. The molecule has 218 valence electrons. The molecule has 0 saturated carbocycles. The van der Waals surface area contributed by atoms with Crippen molar-refractivity contribution in [3.05, 3.63) is 0 Å². The fraction of sp³-hybridized carbons (Fsp3) is 1.00. The Morgan fingerprint density at radius 1 is 0.528 bits per heavy atom. The minimum atomic E-state index is -8.97. The molecule has 2 N–H and O–H groups in total. The number of hydrogen-bond donors (Lipinski definition) is 2. The lowest BCUT2D eigenvalue weighted by Crippen LogP contribution is -2.76. The average Bonchev–Trinajstić information content (AvgIpc) is 2.69. The van der Waals surface area contributed by atoms with Crippen molar-refractivity contribution in [2.75, 3.05) is 6.54 Å². The van der Waals surface area contributed by atoms with Crippen molar-refractivity contribution in [2.24, 2.45) is 0 Å². The highest BCUT2D eigenvalue weighted by Crippen LogP contribution is 2.65. The Bertz CT molecular complexity index is 758. The van der Waals surface area contributed by atoms with Crippen LogP contribution in [0, 0.1) is 0 Å². The molecule has 0 radical (unpaired) electrons. The van der Waals surface area contributed by atoms with E-state index in [0.717, 1.165) is 6.92 Å². The monoisotopic (exact) mass is 585 g/mol. The van der Waals surface area contributed by atoms with Gasteiger partial charge < -0.3 is 10.4 Å². The van der Waals surface area contributed by atoms with E-state index in [9.17, 15) is 83.4 Å². The number of nitrogens with one attached hydrogen (secondary N) is 1. The second-order valence-electron chi connectivity index (χ2n) is 7.37. The van der Waals surface area contributed by atoms with Crippen molar-refractivity contribution in [1.82, 2.24) is 5.32 Å². The molecule has 0 aliphatic carbocycles. The maximum atomic E-state index is 13.7. The lowest BCUT2D eigenvalue weighted by molar-refractivity contribution is -0.470. The van der Waals surface area contributed by atoms with Gasteiger partial charge in [-0.3, -0.25) is 0 Å². The first-order valence-corrected chi connectivity index (χ1v) is 8.88. The van der Waals surface area contributed by atoms with Crippen LogP contribution in [0.3, 0.4) is 0 Å². The molecule has 36 heavy (non-hydrogen) atoms. The van der Waals surface area contributed by atoms with E-state index in [2.05, 4.69) is 0 Å². The van der Waals surface area contributed by atoms with E-state index in [1.54, 1.807) is 5.32 Å². The maximum Gasteiger partial charge on any atom is 0.460 e. The Labute approximate surface area is 187 Å². The molecule has 0 aliphatic heterocycles. The van der Waals surface area contributed by atoms with E-state index in [1.807, 2.05) is 0 Å². The van der Waals surface area contributed by atoms with E-state index in [-0.39, 0.29) is 6.42 Å². The predicted octanol–water partition coefficient (Wildman–Crippen LogP) is 6.38. The quantitative estimate of drug-likeness (QED) is 0.261. The Morgan fingerprint density at radius 3 is 1.08 bits per heavy atom. The van der Waals surface area contributed by atoms with Gasteiger partial charge in [0.2, 0.25) is 0 Å². The molecule has 0 aromatic rings. The number of aliphatic hydroxyl groups excluding tert-OH is 1. The van der Waals surface area contributed by atoms with Gasteiger partial charge in [0, 0.05) is 12.6 Å². The number of rotatable bonds is 12. The summed E-state index contributed by atoms with van der Waals surface area (Å²) >= 11 is 0. The minimum Gasteiger partial charge on any atom is -0.385 e. The molecule has 0 bridgehead atoms. The summed E-state index contributed by atoms with van der Waals surface area (Å²) < 4.78 is 251. The molecule has 0 saturated heterocycles. The Morgan fingerprint density at radius 2 is 0.806 bits per heavy atom. The first-order chi connectivity index (χ1) is 15.4. The van der Waals surface area contributed by atoms with E-state index in [4.69, 9.17) is 5.11 Å². The van der Waals surface area contributed by atoms with Crippen LogP contribution < -0.4 is 5.32 Å². The molecule has 0 heterocycles. The zero-order chi connectivity index (χ0) is 29.8. The summed E-state index contributed by atoms with van der Waals surface area (Å²) in [4.78, 5) is 0. The van der Waals surface area contributed by atoms with Gasteiger partial charge in [-0.1, -0.05) is 6.92 Å². The van der Waals surface area contributed by atoms with Crippen molar-refractivity contribution in [2.45, 2.75) is 86.0 Å². The highest BCUT2D eigenvalue weighted by Gasteiger charge is 2.96. The second-order valence-corrected chi connectivity index (χ2v) is 7.37. The molecule has 0 spiro atoms. The van der Waals surface area contributed by atoms with E-state index in [0.29, 0.717) is 0 Å². The molecule has 0 aromatic carbocycles. The SMILES string of the molecule is CCC(C)NCC(O)C(F)(F)C(F)(F)C(F)(F)C(F)(F)C(F)(F)C(F)(F)C(F)(F)C(F)(F)C(F)(F)F. The van der Waals surface area contributed by atoms with Crippen LogP contribution in [0.15, 0.2) is 0 Å². The van der Waals surface area contributed by atoms with Crippen LogP contribution in [-0.2, 0) is 0 Å². The van der Waals surface area contributed by atoms with Gasteiger partial charge in [0.15, 0.2) is 0 Å². The normalized spacial score (nSPS) is 17.8. The number of halogens is 19.